The Kier molecular flexibility index (Phi) is 3.76. The Hall–Kier alpha value is -1.29. The Morgan fingerprint density at radius 3 is 1.94 bits per heavy atom. The molecule has 0 saturated carbocycles. The molecular formula is C14H10BrF3. The Balaban J connectivity index is 2.37. The summed E-state index contributed by atoms with van der Waals surface area (Å²) >= 11 is 3.36. The molecule has 0 heterocycles. The standard InChI is InChI=1S/C14H10BrF3/c1-8-2-3-9(6-12(8)17)14(15)10-4-5-11(16)13(18)7-10/h2-7,14H,1H3. The van der Waals surface area contributed by atoms with Crippen molar-refractivity contribution >= 4 is 15.9 Å². The third kappa shape index (κ3) is 2.58. The van der Waals surface area contributed by atoms with Crippen molar-refractivity contribution in [3.63, 3.8) is 0 Å². The van der Waals surface area contributed by atoms with Crippen LogP contribution in [-0.2, 0) is 0 Å². The lowest BCUT2D eigenvalue weighted by atomic mass is 10.0. The van der Waals surface area contributed by atoms with E-state index in [0.29, 0.717) is 16.7 Å². The Labute approximate surface area is 112 Å². The van der Waals surface area contributed by atoms with Gasteiger partial charge in [-0.1, -0.05) is 34.1 Å². The highest BCUT2D eigenvalue weighted by Gasteiger charge is 2.14. The van der Waals surface area contributed by atoms with Crippen LogP contribution in [0.2, 0.25) is 0 Å². The van der Waals surface area contributed by atoms with Crippen LogP contribution in [0.4, 0.5) is 13.2 Å². The highest BCUT2D eigenvalue weighted by Crippen LogP contribution is 2.32. The van der Waals surface area contributed by atoms with Crippen molar-refractivity contribution in [1.29, 1.82) is 0 Å². The Morgan fingerprint density at radius 1 is 0.833 bits per heavy atom. The number of halogens is 4. The van der Waals surface area contributed by atoms with Gasteiger partial charge in [-0.2, -0.15) is 0 Å². The number of hydrogen-bond donors (Lipinski definition) is 0. The molecule has 2 aromatic carbocycles. The summed E-state index contributed by atoms with van der Waals surface area (Å²) in [5.74, 6) is -2.13. The first kappa shape index (κ1) is 13.1. The monoisotopic (exact) mass is 314 g/mol. The molecule has 0 aliphatic carbocycles. The van der Waals surface area contributed by atoms with E-state index in [0.717, 1.165) is 12.1 Å². The van der Waals surface area contributed by atoms with Gasteiger partial charge in [-0.25, -0.2) is 13.2 Å². The molecule has 0 aromatic heterocycles. The second-order valence-electron chi connectivity index (χ2n) is 4.04. The normalized spacial score (nSPS) is 12.5. The molecule has 0 radical (unpaired) electrons. The summed E-state index contributed by atoms with van der Waals surface area (Å²) in [5, 5.41) is 0. The molecule has 0 bridgehead atoms. The fourth-order valence-electron chi connectivity index (χ4n) is 1.63. The minimum absolute atomic E-state index is 0.320. The van der Waals surface area contributed by atoms with E-state index in [-0.39, 0.29) is 10.6 Å². The van der Waals surface area contributed by atoms with Crippen molar-refractivity contribution in [2.45, 2.75) is 11.8 Å². The van der Waals surface area contributed by atoms with Gasteiger partial charge in [0.25, 0.3) is 0 Å². The summed E-state index contributed by atoms with van der Waals surface area (Å²) in [7, 11) is 0. The zero-order chi connectivity index (χ0) is 13.3. The minimum atomic E-state index is -0.912. The highest BCUT2D eigenvalue weighted by atomic mass is 79.9. The molecule has 1 unspecified atom stereocenters. The zero-order valence-corrected chi connectivity index (χ0v) is 11.1. The van der Waals surface area contributed by atoms with Crippen LogP contribution < -0.4 is 0 Å². The van der Waals surface area contributed by atoms with Crippen molar-refractivity contribution in [3.05, 3.63) is 70.5 Å². The molecule has 0 N–H and O–H groups in total. The van der Waals surface area contributed by atoms with Gasteiger partial charge in [-0.3, -0.25) is 0 Å². The molecule has 0 aliphatic heterocycles. The third-order valence-corrected chi connectivity index (χ3v) is 3.78. The molecular weight excluding hydrogens is 305 g/mol. The van der Waals surface area contributed by atoms with E-state index in [1.54, 1.807) is 19.1 Å². The third-order valence-electron chi connectivity index (χ3n) is 2.72. The van der Waals surface area contributed by atoms with E-state index >= 15 is 0 Å². The molecule has 2 aromatic rings. The summed E-state index contributed by atoms with van der Waals surface area (Å²) in [6.45, 7) is 1.67. The molecule has 0 spiro atoms. The van der Waals surface area contributed by atoms with Crippen LogP contribution in [0.1, 0.15) is 21.5 Å². The fraction of sp³-hybridized carbons (Fsp3) is 0.143. The minimum Gasteiger partial charge on any atom is -0.207 e. The Bertz CT molecular complexity index is 530. The molecule has 1 atom stereocenters. The average Bonchev–Trinajstić information content (AvgIpc) is 2.35. The molecule has 18 heavy (non-hydrogen) atoms. The van der Waals surface area contributed by atoms with Crippen LogP contribution in [0.25, 0.3) is 0 Å². The maximum atomic E-state index is 13.4. The van der Waals surface area contributed by atoms with Gasteiger partial charge < -0.3 is 0 Å². The predicted octanol–water partition coefficient (Wildman–Crippen LogP) is 4.90. The summed E-state index contributed by atoms with van der Waals surface area (Å²) in [4.78, 5) is -0.373. The lowest BCUT2D eigenvalue weighted by molar-refractivity contribution is 0.507. The van der Waals surface area contributed by atoms with Gasteiger partial charge in [-0.15, -0.1) is 0 Å². The summed E-state index contributed by atoms with van der Waals surface area (Å²) in [6.07, 6.45) is 0. The van der Waals surface area contributed by atoms with Crippen molar-refractivity contribution in [1.82, 2.24) is 0 Å². The predicted molar refractivity (Wildman–Crippen MR) is 68.3 cm³/mol. The van der Waals surface area contributed by atoms with E-state index < -0.39 is 11.6 Å². The maximum Gasteiger partial charge on any atom is 0.159 e. The first-order valence-electron chi connectivity index (χ1n) is 5.34. The van der Waals surface area contributed by atoms with Gasteiger partial charge in [0.15, 0.2) is 11.6 Å². The van der Waals surface area contributed by atoms with Crippen LogP contribution in [0.5, 0.6) is 0 Å². The lowest BCUT2D eigenvalue weighted by Crippen LogP contribution is -1.96. The van der Waals surface area contributed by atoms with E-state index in [9.17, 15) is 13.2 Å². The average molecular weight is 315 g/mol. The van der Waals surface area contributed by atoms with E-state index in [4.69, 9.17) is 0 Å². The molecule has 0 fully saturated rings. The van der Waals surface area contributed by atoms with Crippen molar-refractivity contribution in [2.75, 3.05) is 0 Å². The van der Waals surface area contributed by atoms with Crippen LogP contribution in [0.3, 0.4) is 0 Å². The molecule has 4 heteroatoms. The lowest BCUT2D eigenvalue weighted by Gasteiger charge is -2.12. The van der Waals surface area contributed by atoms with E-state index in [1.807, 2.05) is 0 Å². The van der Waals surface area contributed by atoms with Crippen LogP contribution in [0.15, 0.2) is 36.4 Å². The Morgan fingerprint density at radius 2 is 1.39 bits per heavy atom. The smallest absolute Gasteiger partial charge is 0.159 e. The summed E-state index contributed by atoms with van der Waals surface area (Å²) < 4.78 is 39.4. The number of benzene rings is 2. The van der Waals surface area contributed by atoms with Crippen LogP contribution in [0, 0.1) is 24.4 Å². The first-order valence-corrected chi connectivity index (χ1v) is 6.25. The van der Waals surface area contributed by atoms with Gasteiger partial charge in [-0.05, 0) is 41.8 Å². The van der Waals surface area contributed by atoms with Gasteiger partial charge in [0.1, 0.15) is 5.82 Å². The second-order valence-corrected chi connectivity index (χ2v) is 4.96. The summed E-state index contributed by atoms with van der Waals surface area (Å²) in [5.41, 5.74) is 1.74. The topological polar surface area (TPSA) is 0 Å². The van der Waals surface area contributed by atoms with Crippen LogP contribution in [-0.4, -0.2) is 0 Å². The first-order chi connectivity index (χ1) is 8.49. The van der Waals surface area contributed by atoms with Crippen LogP contribution >= 0.6 is 15.9 Å². The number of hydrogen-bond acceptors (Lipinski definition) is 0. The number of alkyl halides is 1. The highest BCUT2D eigenvalue weighted by molar-refractivity contribution is 9.09. The largest absolute Gasteiger partial charge is 0.207 e. The maximum absolute atomic E-state index is 13.4. The molecule has 0 amide bonds. The number of rotatable bonds is 2. The van der Waals surface area contributed by atoms with E-state index in [1.165, 1.54) is 12.1 Å². The van der Waals surface area contributed by atoms with Gasteiger partial charge in [0.05, 0.1) is 4.83 Å². The van der Waals surface area contributed by atoms with Gasteiger partial charge in [0, 0.05) is 0 Å². The molecule has 2 rings (SSSR count). The zero-order valence-electron chi connectivity index (χ0n) is 9.55. The number of aryl methyl sites for hydroxylation is 1. The van der Waals surface area contributed by atoms with Crippen molar-refractivity contribution < 1.29 is 13.2 Å². The molecule has 94 valence electrons. The summed E-state index contributed by atoms with van der Waals surface area (Å²) in [6, 6.07) is 8.42. The fourth-order valence-corrected chi connectivity index (χ4v) is 2.20. The van der Waals surface area contributed by atoms with Crippen molar-refractivity contribution in [2.24, 2.45) is 0 Å². The van der Waals surface area contributed by atoms with E-state index in [2.05, 4.69) is 15.9 Å². The SMILES string of the molecule is Cc1ccc(C(Br)c2ccc(F)c(F)c2)cc1F. The molecule has 0 saturated heterocycles. The molecule has 0 aliphatic rings. The quantitative estimate of drug-likeness (QED) is 0.692. The molecule has 0 nitrogen and oxygen atoms in total. The van der Waals surface area contributed by atoms with Gasteiger partial charge in [0.2, 0.25) is 0 Å². The van der Waals surface area contributed by atoms with Gasteiger partial charge >= 0.3 is 0 Å². The second kappa shape index (κ2) is 5.14. The van der Waals surface area contributed by atoms with Crippen molar-refractivity contribution in [3.8, 4) is 0 Å².